The number of nitrogens with one attached hydrogen (secondary N) is 1. The molecule has 0 bridgehead atoms. The number of pyridine rings is 1. The summed E-state index contributed by atoms with van der Waals surface area (Å²) < 4.78 is 5.11. The molecule has 1 aromatic heterocycles. The fourth-order valence-corrected chi connectivity index (χ4v) is 2.80. The minimum atomic E-state index is -0.182. The summed E-state index contributed by atoms with van der Waals surface area (Å²) in [5.74, 6) is 0.160. The van der Waals surface area contributed by atoms with Crippen LogP contribution in [0.5, 0.6) is 5.88 Å². The summed E-state index contributed by atoms with van der Waals surface area (Å²) in [5, 5.41) is 2.91. The number of benzene rings is 1. The van der Waals surface area contributed by atoms with Crippen LogP contribution in [-0.4, -0.2) is 31.1 Å². The first kappa shape index (κ1) is 15.3. The molecule has 1 amide bonds. The quantitative estimate of drug-likeness (QED) is 0.922. The minimum Gasteiger partial charge on any atom is -0.480 e. The van der Waals surface area contributed by atoms with Crippen molar-refractivity contribution in [3.05, 3.63) is 53.7 Å². The Hall–Kier alpha value is -2.56. The van der Waals surface area contributed by atoms with Crippen LogP contribution in [0.3, 0.4) is 0 Å². The van der Waals surface area contributed by atoms with Crippen LogP contribution in [-0.2, 0) is 6.54 Å². The van der Waals surface area contributed by atoms with Gasteiger partial charge in [-0.25, -0.2) is 4.98 Å². The average Bonchev–Trinajstić information content (AvgIpc) is 3.14. The molecule has 0 unspecified atom stereocenters. The van der Waals surface area contributed by atoms with E-state index in [9.17, 15) is 4.79 Å². The largest absolute Gasteiger partial charge is 0.480 e. The van der Waals surface area contributed by atoms with Crippen LogP contribution in [0.25, 0.3) is 0 Å². The van der Waals surface area contributed by atoms with Gasteiger partial charge in [0, 0.05) is 31.5 Å². The third-order valence-corrected chi connectivity index (χ3v) is 4.07. The van der Waals surface area contributed by atoms with Gasteiger partial charge in [-0.05, 0) is 42.7 Å². The number of carbonyl (C=O) groups is 1. The fraction of sp³-hybridized carbons (Fsp3) is 0.333. The number of methoxy groups -OCH3 is 1. The van der Waals surface area contributed by atoms with Crippen molar-refractivity contribution in [2.45, 2.75) is 19.4 Å². The Bertz CT molecular complexity index is 664. The molecule has 1 saturated heterocycles. The summed E-state index contributed by atoms with van der Waals surface area (Å²) in [6, 6.07) is 11.8. The fourth-order valence-electron chi connectivity index (χ4n) is 2.80. The van der Waals surface area contributed by atoms with Crippen molar-refractivity contribution in [2.24, 2.45) is 0 Å². The Morgan fingerprint density at radius 2 is 1.96 bits per heavy atom. The van der Waals surface area contributed by atoms with Crippen molar-refractivity contribution >= 4 is 11.6 Å². The molecule has 23 heavy (non-hydrogen) atoms. The van der Waals surface area contributed by atoms with Gasteiger partial charge in [-0.15, -0.1) is 0 Å². The van der Waals surface area contributed by atoms with Crippen LogP contribution in [0.15, 0.2) is 42.6 Å². The average molecular weight is 311 g/mol. The highest BCUT2D eigenvalue weighted by Gasteiger charge is 2.13. The van der Waals surface area contributed by atoms with Crippen LogP contribution >= 0.6 is 0 Å². The van der Waals surface area contributed by atoms with Crippen molar-refractivity contribution in [3.8, 4) is 5.88 Å². The van der Waals surface area contributed by atoms with Gasteiger partial charge in [0.1, 0.15) is 5.56 Å². The van der Waals surface area contributed by atoms with Gasteiger partial charge in [0.05, 0.1) is 7.11 Å². The molecule has 3 rings (SSSR count). The van der Waals surface area contributed by atoms with Crippen molar-refractivity contribution in [1.29, 1.82) is 0 Å². The molecule has 0 spiro atoms. The molecule has 0 saturated carbocycles. The molecule has 1 fully saturated rings. The van der Waals surface area contributed by atoms with Gasteiger partial charge in [-0.1, -0.05) is 12.1 Å². The van der Waals surface area contributed by atoms with E-state index in [1.54, 1.807) is 18.3 Å². The monoisotopic (exact) mass is 311 g/mol. The van der Waals surface area contributed by atoms with Crippen LogP contribution in [0.2, 0.25) is 0 Å². The molecule has 0 atom stereocenters. The van der Waals surface area contributed by atoms with Crippen molar-refractivity contribution in [1.82, 2.24) is 10.3 Å². The first-order valence-corrected chi connectivity index (χ1v) is 7.89. The SMILES string of the molecule is COc1ncccc1C(=O)NCc1ccc(N2CCCC2)cc1. The van der Waals surface area contributed by atoms with E-state index in [-0.39, 0.29) is 5.91 Å². The number of amides is 1. The maximum atomic E-state index is 12.2. The number of aromatic nitrogens is 1. The summed E-state index contributed by atoms with van der Waals surface area (Å²) in [4.78, 5) is 18.7. The zero-order chi connectivity index (χ0) is 16.1. The molecule has 1 aromatic carbocycles. The highest BCUT2D eigenvalue weighted by atomic mass is 16.5. The van der Waals surface area contributed by atoms with E-state index in [2.05, 4.69) is 39.5 Å². The molecule has 5 heteroatoms. The van der Waals surface area contributed by atoms with Gasteiger partial charge < -0.3 is 15.0 Å². The van der Waals surface area contributed by atoms with Crippen molar-refractivity contribution < 1.29 is 9.53 Å². The molecule has 1 N–H and O–H groups in total. The van der Waals surface area contributed by atoms with E-state index in [1.807, 2.05) is 0 Å². The number of rotatable bonds is 5. The first-order valence-electron chi connectivity index (χ1n) is 7.89. The summed E-state index contributed by atoms with van der Waals surface area (Å²) in [6.07, 6.45) is 4.14. The number of carbonyl (C=O) groups excluding carboxylic acids is 1. The minimum absolute atomic E-state index is 0.182. The predicted octanol–water partition coefficient (Wildman–Crippen LogP) is 2.62. The van der Waals surface area contributed by atoms with E-state index in [4.69, 9.17) is 4.74 Å². The standard InChI is InChI=1S/C18H21N3O2/c1-23-18-16(5-4-10-19-18)17(22)20-13-14-6-8-15(9-7-14)21-11-2-3-12-21/h4-10H,2-3,11-13H2,1H3,(H,20,22). The van der Waals surface area contributed by atoms with Gasteiger partial charge in [0.25, 0.3) is 5.91 Å². The van der Waals surface area contributed by atoms with Crippen molar-refractivity contribution in [3.63, 3.8) is 0 Å². The molecule has 2 aromatic rings. The first-order chi connectivity index (χ1) is 11.3. The number of ether oxygens (including phenoxy) is 1. The lowest BCUT2D eigenvalue weighted by Gasteiger charge is -2.17. The Morgan fingerprint density at radius 1 is 1.22 bits per heavy atom. The van der Waals surface area contributed by atoms with Gasteiger partial charge in [-0.3, -0.25) is 4.79 Å². The Labute approximate surface area is 136 Å². The molecule has 120 valence electrons. The lowest BCUT2D eigenvalue weighted by Crippen LogP contribution is -2.23. The maximum Gasteiger partial charge on any atom is 0.257 e. The molecular weight excluding hydrogens is 290 g/mol. The summed E-state index contributed by atoms with van der Waals surface area (Å²) in [7, 11) is 1.51. The third kappa shape index (κ3) is 3.62. The second-order valence-corrected chi connectivity index (χ2v) is 5.60. The lowest BCUT2D eigenvalue weighted by atomic mass is 10.2. The van der Waals surface area contributed by atoms with Gasteiger partial charge in [0.15, 0.2) is 0 Å². The van der Waals surface area contributed by atoms with E-state index in [0.29, 0.717) is 18.0 Å². The highest BCUT2D eigenvalue weighted by Crippen LogP contribution is 2.20. The smallest absolute Gasteiger partial charge is 0.257 e. The third-order valence-electron chi connectivity index (χ3n) is 4.07. The normalized spacial score (nSPS) is 13.9. The molecule has 5 nitrogen and oxygen atoms in total. The lowest BCUT2D eigenvalue weighted by molar-refractivity contribution is 0.0947. The van der Waals surface area contributed by atoms with E-state index in [0.717, 1.165) is 18.7 Å². The van der Waals surface area contributed by atoms with E-state index >= 15 is 0 Å². The van der Waals surface area contributed by atoms with Crippen molar-refractivity contribution in [2.75, 3.05) is 25.1 Å². The molecule has 0 radical (unpaired) electrons. The zero-order valence-electron chi connectivity index (χ0n) is 13.3. The summed E-state index contributed by atoms with van der Waals surface area (Å²) >= 11 is 0. The van der Waals surface area contributed by atoms with Crippen LogP contribution in [0.1, 0.15) is 28.8 Å². The number of hydrogen-bond acceptors (Lipinski definition) is 4. The van der Waals surface area contributed by atoms with Gasteiger partial charge in [0.2, 0.25) is 5.88 Å². The number of hydrogen-bond donors (Lipinski definition) is 1. The molecule has 1 aliphatic rings. The summed E-state index contributed by atoms with van der Waals surface area (Å²) in [6.45, 7) is 2.75. The van der Waals surface area contributed by atoms with Gasteiger partial charge >= 0.3 is 0 Å². The molecule has 2 heterocycles. The molecular formula is C18H21N3O2. The van der Waals surface area contributed by atoms with E-state index in [1.165, 1.54) is 25.6 Å². The van der Waals surface area contributed by atoms with E-state index < -0.39 is 0 Å². The van der Waals surface area contributed by atoms with Crippen LogP contribution in [0, 0.1) is 0 Å². The maximum absolute atomic E-state index is 12.2. The van der Waals surface area contributed by atoms with Crippen LogP contribution < -0.4 is 15.0 Å². The summed E-state index contributed by atoms with van der Waals surface area (Å²) in [5.41, 5.74) is 2.78. The number of anilines is 1. The second-order valence-electron chi connectivity index (χ2n) is 5.60. The highest BCUT2D eigenvalue weighted by molar-refractivity contribution is 5.96. The topological polar surface area (TPSA) is 54.5 Å². The predicted molar refractivity (Wildman–Crippen MR) is 89.8 cm³/mol. The Balaban J connectivity index is 1.60. The van der Waals surface area contributed by atoms with Crippen LogP contribution in [0.4, 0.5) is 5.69 Å². The molecule has 1 aliphatic heterocycles. The zero-order valence-corrected chi connectivity index (χ0v) is 13.3. The Kier molecular flexibility index (Phi) is 4.76. The second kappa shape index (κ2) is 7.13. The van der Waals surface area contributed by atoms with Gasteiger partial charge in [-0.2, -0.15) is 0 Å². The molecule has 0 aliphatic carbocycles. The number of nitrogens with zero attached hydrogens (tertiary/aromatic N) is 2. The Morgan fingerprint density at radius 3 is 2.65 bits per heavy atom.